The van der Waals surface area contributed by atoms with Gasteiger partial charge in [-0.15, -0.1) is 0 Å². The summed E-state index contributed by atoms with van der Waals surface area (Å²) < 4.78 is 19.0. The van der Waals surface area contributed by atoms with Crippen molar-refractivity contribution >= 4 is 6.21 Å². The van der Waals surface area contributed by atoms with Gasteiger partial charge in [-0.3, -0.25) is 0 Å². The number of likely N-dealkylation sites (tertiary alicyclic amines) is 1. The lowest BCUT2D eigenvalue weighted by atomic mass is 10.2. The van der Waals surface area contributed by atoms with Crippen LogP contribution in [-0.2, 0) is 11.4 Å². The molecule has 0 N–H and O–H groups in total. The molecule has 0 unspecified atom stereocenters. The van der Waals surface area contributed by atoms with Crippen LogP contribution in [0.15, 0.2) is 53.7 Å². The highest BCUT2D eigenvalue weighted by Gasteiger charge is 2.20. The highest BCUT2D eigenvalue weighted by molar-refractivity contribution is 5.83. The fourth-order valence-electron chi connectivity index (χ4n) is 2.66. The molecule has 0 aliphatic carbocycles. The first-order valence-corrected chi connectivity index (χ1v) is 8.05. The fraction of sp³-hybridized carbons (Fsp3) is 0.316. The molecule has 0 radical (unpaired) electrons. The SMILES string of the molecule is CN1CC[C@H](O/N=C/c2ccccc2OCc2cccc(F)c2)C1. The van der Waals surface area contributed by atoms with Crippen molar-refractivity contribution in [3.63, 3.8) is 0 Å². The maximum Gasteiger partial charge on any atom is 0.141 e. The van der Waals surface area contributed by atoms with Gasteiger partial charge in [-0.2, -0.15) is 0 Å². The van der Waals surface area contributed by atoms with Crippen molar-refractivity contribution < 1.29 is 14.0 Å². The lowest BCUT2D eigenvalue weighted by Crippen LogP contribution is -2.17. The normalized spacial score (nSPS) is 18.2. The third kappa shape index (κ3) is 4.55. The summed E-state index contributed by atoms with van der Waals surface area (Å²) in [5.74, 6) is 0.429. The largest absolute Gasteiger partial charge is 0.488 e. The van der Waals surface area contributed by atoms with Crippen LogP contribution in [0.1, 0.15) is 17.5 Å². The minimum atomic E-state index is -0.263. The molecular formula is C19H21FN2O2. The summed E-state index contributed by atoms with van der Waals surface area (Å²) in [6.07, 6.45) is 2.80. The van der Waals surface area contributed by atoms with Gasteiger partial charge in [0.15, 0.2) is 0 Å². The summed E-state index contributed by atoms with van der Waals surface area (Å²) in [6, 6.07) is 14.0. The monoisotopic (exact) mass is 328 g/mol. The Morgan fingerprint density at radius 1 is 1.25 bits per heavy atom. The zero-order valence-electron chi connectivity index (χ0n) is 13.7. The van der Waals surface area contributed by atoms with Gasteiger partial charge in [0.05, 0.1) is 6.21 Å². The van der Waals surface area contributed by atoms with Crippen LogP contribution in [0.25, 0.3) is 0 Å². The van der Waals surface area contributed by atoms with Crippen molar-refractivity contribution in [3.8, 4) is 5.75 Å². The van der Waals surface area contributed by atoms with Gasteiger partial charge in [-0.05, 0) is 36.9 Å². The minimum Gasteiger partial charge on any atom is -0.488 e. The summed E-state index contributed by atoms with van der Waals surface area (Å²) >= 11 is 0. The topological polar surface area (TPSA) is 34.1 Å². The van der Waals surface area contributed by atoms with Crippen LogP contribution < -0.4 is 4.74 Å². The third-order valence-electron chi connectivity index (χ3n) is 3.95. The van der Waals surface area contributed by atoms with E-state index in [2.05, 4.69) is 17.1 Å². The lowest BCUT2D eigenvalue weighted by molar-refractivity contribution is 0.0682. The minimum absolute atomic E-state index is 0.145. The molecule has 0 bridgehead atoms. The van der Waals surface area contributed by atoms with Crippen molar-refractivity contribution in [1.29, 1.82) is 0 Å². The van der Waals surface area contributed by atoms with Crippen LogP contribution in [0.2, 0.25) is 0 Å². The molecule has 2 aromatic carbocycles. The van der Waals surface area contributed by atoms with Gasteiger partial charge in [0.1, 0.15) is 24.3 Å². The van der Waals surface area contributed by atoms with Gasteiger partial charge in [0, 0.05) is 25.1 Å². The quantitative estimate of drug-likeness (QED) is 0.601. The maximum atomic E-state index is 13.2. The molecule has 2 aromatic rings. The molecular weight excluding hydrogens is 307 g/mol. The van der Waals surface area contributed by atoms with Crippen LogP contribution >= 0.6 is 0 Å². The molecule has 1 fully saturated rings. The van der Waals surface area contributed by atoms with Gasteiger partial charge in [0.2, 0.25) is 0 Å². The van der Waals surface area contributed by atoms with E-state index in [1.54, 1.807) is 12.3 Å². The predicted molar refractivity (Wildman–Crippen MR) is 91.8 cm³/mol. The van der Waals surface area contributed by atoms with Crippen LogP contribution in [0.4, 0.5) is 4.39 Å². The smallest absolute Gasteiger partial charge is 0.141 e. The summed E-state index contributed by atoms with van der Waals surface area (Å²) in [4.78, 5) is 7.75. The van der Waals surface area contributed by atoms with E-state index >= 15 is 0 Å². The van der Waals surface area contributed by atoms with Gasteiger partial charge in [0.25, 0.3) is 0 Å². The molecule has 1 aliphatic heterocycles. The number of rotatable bonds is 6. The molecule has 1 heterocycles. The van der Waals surface area contributed by atoms with Crippen molar-refractivity contribution in [2.24, 2.45) is 5.16 Å². The first-order valence-electron chi connectivity index (χ1n) is 8.05. The van der Waals surface area contributed by atoms with Gasteiger partial charge >= 0.3 is 0 Å². The van der Waals surface area contributed by atoms with E-state index < -0.39 is 0 Å². The number of hydrogen-bond donors (Lipinski definition) is 0. The molecule has 1 atom stereocenters. The Balaban J connectivity index is 1.60. The van der Waals surface area contributed by atoms with Crippen LogP contribution in [0.5, 0.6) is 5.75 Å². The molecule has 3 rings (SSSR count). The van der Waals surface area contributed by atoms with E-state index in [0.717, 1.165) is 30.6 Å². The second kappa shape index (κ2) is 7.93. The number of likely N-dealkylation sites (N-methyl/N-ethyl adjacent to an activating group) is 1. The highest BCUT2D eigenvalue weighted by Crippen LogP contribution is 2.18. The number of oxime groups is 1. The summed E-state index contributed by atoms with van der Waals surface area (Å²) in [5.41, 5.74) is 1.62. The second-order valence-electron chi connectivity index (χ2n) is 5.97. The zero-order valence-corrected chi connectivity index (χ0v) is 13.7. The molecule has 0 aromatic heterocycles. The molecule has 0 spiro atoms. The van der Waals surface area contributed by atoms with Crippen LogP contribution in [0.3, 0.4) is 0 Å². The molecule has 126 valence electrons. The Labute approximate surface area is 141 Å². The summed E-state index contributed by atoms with van der Waals surface area (Å²) in [7, 11) is 2.07. The average Bonchev–Trinajstić information content (AvgIpc) is 2.99. The number of nitrogens with zero attached hydrogens (tertiary/aromatic N) is 2. The number of benzene rings is 2. The van der Waals surface area contributed by atoms with Gasteiger partial charge in [-0.25, -0.2) is 4.39 Å². The Hall–Kier alpha value is -2.40. The van der Waals surface area contributed by atoms with E-state index in [0.29, 0.717) is 12.4 Å². The number of ether oxygens (including phenoxy) is 1. The molecule has 4 nitrogen and oxygen atoms in total. The molecule has 24 heavy (non-hydrogen) atoms. The van der Waals surface area contributed by atoms with Crippen molar-refractivity contribution in [2.75, 3.05) is 20.1 Å². The summed E-state index contributed by atoms with van der Waals surface area (Å²) in [5, 5.41) is 4.10. The maximum absolute atomic E-state index is 13.2. The zero-order chi connectivity index (χ0) is 16.8. The lowest BCUT2D eigenvalue weighted by Gasteiger charge is -2.10. The second-order valence-corrected chi connectivity index (χ2v) is 5.97. The van der Waals surface area contributed by atoms with E-state index in [1.807, 2.05) is 30.3 Å². The van der Waals surface area contributed by atoms with Crippen molar-refractivity contribution in [3.05, 3.63) is 65.5 Å². The van der Waals surface area contributed by atoms with Crippen LogP contribution in [-0.4, -0.2) is 37.4 Å². The number of halogens is 1. The molecule has 5 heteroatoms. The Morgan fingerprint density at radius 2 is 2.12 bits per heavy atom. The average molecular weight is 328 g/mol. The van der Waals surface area contributed by atoms with Crippen LogP contribution in [0, 0.1) is 5.82 Å². The van der Waals surface area contributed by atoms with E-state index in [1.165, 1.54) is 12.1 Å². The molecule has 1 aliphatic rings. The Kier molecular flexibility index (Phi) is 5.43. The molecule has 1 saturated heterocycles. The first kappa shape index (κ1) is 16.5. The third-order valence-corrected chi connectivity index (χ3v) is 3.95. The highest BCUT2D eigenvalue weighted by atomic mass is 19.1. The number of para-hydroxylation sites is 1. The van der Waals surface area contributed by atoms with Crippen molar-refractivity contribution in [1.82, 2.24) is 4.90 Å². The number of hydrogen-bond acceptors (Lipinski definition) is 4. The fourth-order valence-corrected chi connectivity index (χ4v) is 2.66. The van der Waals surface area contributed by atoms with Gasteiger partial charge in [-0.1, -0.05) is 29.4 Å². The Bertz CT molecular complexity index is 705. The van der Waals surface area contributed by atoms with E-state index in [9.17, 15) is 4.39 Å². The summed E-state index contributed by atoms with van der Waals surface area (Å²) in [6.45, 7) is 2.24. The Morgan fingerprint density at radius 3 is 2.92 bits per heavy atom. The van der Waals surface area contributed by atoms with E-state index in [4.69, 9.17) is 9.57 Å². The molecule has 0 amide bonds. The standard InChI is InChI=1S/C19H21FN2O2/c1-22-10-9-18(13-22)24-21-12-16-6-2-3-8-19(16)23-14-15-5-4-7-17(20)11-15/h2-8,11-12,18H,9-10,13-14H2,1H3/b21-12+/t18-/m0/s1. The van der Waals surface area contributed by atoms with Gasteiger partial charge < -0.3 is 14.5 Å². The van der Waals surface area contributed by atoms with Crippen molar-refractivity contribution in [2.45, 2.75) is 19.1 Å². The first-order chi connectivity index (χ1) is 11.7. The van der Waals surface area contributed by atoms with E-state index in [-0.39, 0.29) is 11.9 Å². The predicted octanol–water partition coefficient (Wildman–Crippen LogP) is 3.46. The molecule has 0 saturated carbocycles.